The van der Waals surface area contributed by atoms with Crippen LogP contribution in [-0.2, 0) is 16.0 Å². The van der Waals surface area contributed by atoms with Crippen molar-refractivity contribution < 1.29 is 27.4 Å². The third kappa shape index (κ3) is 10.1. The highest BCUT2D eigenvalue weighted by atomic mass is 127. The average molecular weight is 546 g/mol. The molecule has 1 aliphatic heterocycles. The molecule has 30 heavy (non-hydrogen) atoms. The number of pyridine rings is 1. The number of methoxy groups -OCH3 is 1. The average Bonchev–Trinajstić information content (AvgIpc) is 3.16. The molecular weight excluding hydrogens is 516 g/mol. The Balaban J connectivity index is 0.00000450. The number of guanidine groups is 1. The van der Waals surface area contributed by atoms with E-state index in [4.69, 9.17) is 9.47 Å². The standard InChI is InChI=1S/C19H29F3N4O3.HI/c1-3-23-18(26-7-6-16(12-26)13-28-9-8-27-2)25-11-15-4-5-17(24-10-15)29-14-19(20,21)22;/h4-5,10,16H,3,6-9,11-14H2,1-2H3,(H,23,25);1H. The topological polar surface area (TPSA) is 68.2 Å². The predicted octanol–water partition coefficient (Wildman–Crippen LogP) is 3.09. The van der Waals surface area contributed by atoms with Gasteiger partial charge in [0.15, 0.2) is 12.6 Å². The summed E-state index contributed by atoms with van der Waals surface area (Å²) in [5.74, 6) is 1.20. The minimum absolute atomic E-state index is 0. The van der Waals surface area contributed by atoms with Gasteiger partial charge < -0.3 is 24.4 Å². The molecule has 1 aromatic heterocycles. The molecule has 1 aliphatic rings. The van der Waals surface area contributed by atoms with E-state index in [1.165, 1.54) is 12.3 Å². The maximum absolute atomic E-state index is 12.2. The molecule has 1 saturated heterocycles. The maximum Gasteiger partial charge on any atom is 0.422 e. The molecule has 0 aliphatic carbocycles. The first kappa shape index (κ1) is 26.7. The number of aromatic nitrogens is 1. The summed E-state index contributed by atoms with van der Waals surface area (Å²) >= 11 is 0. The van der Waals surface area contributed by atoms with Gasteiger partial charge in [-0.2, -0.15) is 13.2 Å². The minimum atomic E-state index is -4.38. The molecule has 1 N–H and O–H groups in total. The van der Waals surface area contributed by atoms with Crippen LogP contribution in [0.25, 0.3) is 0 Å². The van der Waals surface area contributed by atoms with E-state index in [2.05, 4.69) is 24.9 Å². The van der Waals surface area contributed by atoms with Crippen LogP contribution in [0.5, 0.6) is 5.88 Å². The van der Waals surface area contributed by atoms with E-state index in [9.17, 15) is 13.2 Å². The van der Waals surface area contributed by atoms with E-state index in [1.807, 2.05) is 6.92 Å². The molecule has 172 valence electrons. The Morgan fingerprint density at radius 3 is 2.77 bits per heavy atom. The van der Waals surface area contributed by atoms with Gasteiger partial charge in [0.1, 0.15) is 0 Å². The van der Waals surface area contributed by atoms with Gasteiger partial charge in [0, 0.05) is 44.9 Å². The molecule has 0 radical (unpaired) electrons. The highest BCUT2D eigenvalue weighted by Gasteiger charge is 2.28. The molecular formula is C19H30F3IN4O3. The Labute approximate surface area is 192 Å². The van der Waals surface area contributed by atoms with Crippen molar-refractivity contribution in [2.24, 2.45) is 10.9 Å². The third-order valence-corrected chi connectivity index (χ3v) is 4.30. The predicted molar refractivity (Wildman–Crippen MR) is 118 cm³/mol. The van der Waals surface area contributed by atoms with Crippen LogP contribution in [0, 0.1) is 5.92 Å². The smallest absolute Gasteiger partial charge is 0.422 e. The summed E-state index contributed by atoms with van der Waals surface area (Å²) in [6.07, 6.45) is -1.87. The molecule has 2 heterocycles. The first-order valence-electron chi connectivity index (χ1n) is 9.65. The fourth-order valence-corrected chi connectivity index (χ4v) is 2.89. The normalized spacial score (nSPS) is 17.0. The monoisotopic (exact) mass is 546 g/mol. The van der Waals surface area contributed by atoms with E-state index >= 15 is 0 Å². The third-order valence-electron chi connectivity index (χ3n) is 4.30. The van der Waals surface area contributed by atoms with Crippen LogP contribution in [-0.4, -0.2) is 75.2 Å². The van der Waals surface area contributed by atoms with Crippen LogP contribution in [0.3, 0.4) is 0 Å². The lowest BCUT2D eigenvalue weighted by Crippen LogP contribution is -2.40. The second-order valence-corrected chi connectivity index (χ2v) is 6.75. The van der Waals surface area contributed by atoms with Crippen LogP contribution < -0.4 is 10.1 Å². The van der Waals surface area contributed by atoms with Crippen molar-refractivity contribution in [2.75, 3.05) is 53.2 Å². The molecule has 1 atom stereocenters. The molecule has 0 spiro atoms. The Bertz CT molecular complexity index is 632. The zero-order chi connectivity index (χ0) is 21.1. The van der Waals surface area contributed by atoms with E-state index in [-0.39, 0.29) is 29.9 Å². The van der Waals surface area contributed by atoms with Gasteiger partial charge >= 0.3 is 6.18 Å². The summed E-state index contributed by atoms with van der Waals surface area (Å²) in [7, 11) is 1.65. The lowest BCUT2D eigenvalue weighted by Gasteiger charge is -2.21. The Morgan fingerprint density at radius 1 is 1.33 bits per heavy atom. The SMILES string of the molecule is CCNC(=NCc1ccc(OCC(F)(F)F)nc1)N1CCC(COCCOC)C1.I. The fourth-order valence-electron chi connectivity index (χ4n) is 2.89. The number of rotatable bonds is 10. The molecule has 7 nitrogen and oxygen atoms in total. The van der Waals surface area contributed by atoms with Crippen LogP contribution in [0.4, 0.5) is 13.2 Å². The fraction of sp³-hybridized carbons (Fsp3) is 0.684. The van der Waals surface area contributed by atoms with Crippen molar-refractivity contribution in [3.63, 3.8) is 0 Å². The number of ether oxygens (including phenoxy) is 3. The lowest BCUT2D eigenvalue weighted by atomic mass is 10.1. The quantitative estimate of drug-likeness (QED) is 0.211. The zero-order valence-electron chi connectivity index (χ0n) is 17.3. The number of likely N-dealkylation sites (tertiary alicyclic amines) is 1. The maximum atomic E-state index is 12.2. The van der Waals surface area contributed by atoms with Gasteiger partial charge in [0.05, 0.1) is 26.4 Å². The van der Waals surface area contributed by atoms with Gasteiger partial charge in [-0.15, -0.1) is 24.0 Å². The summed E-state index contributed by atoms with van der Waals surface area (Å²) < 4.78 is 51.8. The Kier molecular flexibility index (Phi) is 12.3. The number of hydrogen-bond donors (Lipinski definition) is 1. The van der Waals surface area contributed by atoms with Crippen LogP contribution in [0.2, 0.25) is 0 Å². The molecule has 1 aromatic rings. The number of aliphatic imine (C=N–C) groups is 1. The van der Waals surface area contributed by atoms with Crippen molar-refractivity contribution in [3.8, 4) is 5.88 Å². The molecule has 0 amide bonds. The Hall–Kier alpha value is -1.34. The van der Waals surface area contributed by atoms with Gasteiger partial charge in [-0.1, -0.05) is 6.07 Å². The molecule has 0 bridgehead atoms. The van der Waals surface area contributed by atoms with E-state index in [1.54, 1.807) is 13.2 Å². The molecule has 0 aromatic carbocycles. The van der Waals surface area contributed by atoms with Crippen molar-refractivity contribution >= 4 is 29.9 Å². The first-order valence-corrected chi connectivity index (χ1v) is 9.65. The Morgan fingerprint density at radius 2 is 2.13 bits per heavy atom. The van der Waals surface area contributed by atoms with Gasteiger partial charge in [0.25, 0.3) is 0 Å². The summed E-state index contributed by atoms with van der Waals surface area (Å²) in [6, 6.07) is 3.09. The number of nitrogens with zero attached hydrogens (tertiary/aromatic N) is 3. The second kappa shape index (κ2) is 13.9. The zero-order valence-corrected chi connectivity index (χ0v) is 19.6. The highest BCUT2D eigenvalue weighted by molar-refractivity contribution is 14.0. The number of hydrogen-bond acceptors (Lipinski definition) is 5. The summed E-state index contributed by atoms with van der Waals surface area (Å²) in [4.78, 5) is 10.7. The number of nitrogens with one attached hydrogen (secondary N) is 1. The van der Waals surface area contributed by atoms with Gasteiger partial charge in [0.2, 0.25) is 5.88 Å². The molecule has 1 fully saturated rings. The first-order chi connectivity index (χ1) is 13.9. The second-order valence-electron chi connectivity index (χ2n) is 6.75. The van der Waals surface area contributed by atoms with Crippen molar-refractivity contribution in [1.29, 1.82) is 0 Å². The van der Waals surface area contributed by atoms with Gasteiger partial charge in [-0.25, -0.2) is 9.98 Å². The van der Waals surface area contributed by atoms with E-state index in [0.717, 1.165) is 37.6 Å². The minimum Gasteiger partial charge on any atom is -0.468 e. The molecule has 0 saturated carbocycles. The van der Waals surface area contributed by atoms with E-state index < -0.39 is 12.8 Å². The summed E-state index contributed by atoms with van der Waals surface area (Å²) in [5.41, 5.74) is 0.790. The van der Waals surface area contributed by atoms with Gasteiger partial charge in [-0.3, -0.25) is 0 Å². The molecule has 11 heteroatoms. The molecule has 1 unspecified atom stereocenters. The van der Waals surface area contributed by atoms with Crippen molar-refractivity contribution in [3.05, 3.63) is 23.9 Å². The summed E-state index contributed by atoms with van der Waals surface area (Å²) in [6.45, 7) is 5.41. The lowest BCUT2D eigenvalue weighted by molar-refractivity contribution is -0.154. The van der Waals surface area contributed by atoms with Crippen molar-refractivity contribution in [2.45, 2.75) is 26.1 Å². The largest absolute Gasteiger partial charge is 0.468 e. The van der Waals surface area contributed by atoms with Crippen LogP contribution in [0.1, 0.15) is 18.9 Å². The number of halogens is 4. The summed E-state index contributed by atoms with van der Waals surface area (Å²) in [5, 5.41) is 3.29. The van der Waals surface area contributed by atoms with Gasteiger partial charge in [-0.05, 0) is 18.9 Å². The van der Waals surface area contributed by atoms with Crippen LogP contribution in [0.15, 0.2) is 23.3 Å². The van der Waals surface area contributed by atoms with Crippen molar-refractivity contribution in [1.82, 2.24) is 15.2 Å². The van der Waals surface area contributed by atoms with Crippen LogP contribution >= 0.6 is 24.0 Å². The number of alkyl halides is 3. The van der Waals surface area contributed by atoms with E-state index in [0.29, 0.717) is 32.3 Å². The molecule has 2 rings (SSSR count). The highest BCUT2D eigenvalue weighted by Crippen LogP contribution is 2.18.